The third-order valence-corrected chi connectivity index (χ3v) is 2.59. The van der Waals surface area contributed by atoms with E-state index in [1.165, 1.54) is 0 Å². The maximum Gasteiger partial charge on any atom is 0.0664 e. The van der Waals surface area contributed by atoms with Crippen LogP contribution in [-0.4, -0.2) is 23.3 Å². The van der Waals surface area contributed by atoms with Gasteiger partial charge < -0.3 is 10.4 Å². The Labute approximate surface area is 82.7 Å². The second kappa shape index (κ2) is 6.39. The zero-order chi connectivity index (χ0) is 10.3. The molecule has 0 amide bonds. The Bertz CT molecular complexity index is 123. The molecule has 1 unspecified atom stereocenters. The number of aliphatic hydroxyl groups excluding tert-OH is 1. The van der Waals surface area contributed by atoms with Gasteiger partial charge in [0.1, 0.15) is 0 Å². The second-order valence-corrected chi connectivity index (χ2v) is 4.41. The third-order valence-electron chi connectivity index (χ3n) is 2.59. The molecule has 1 atom stereocenters. The quantitative estimate of drug-likeness (QED) is 0.641. The van der Waals surface area contributed by atoms with E-state index >= 15 is 0 Å². The molecule has 0 rings (SSSR count). The minimum Gasteiger partial charge on any atom is -0.392 e. The molecule has 0 fully saturated rings. The Hall–Kier alpha value is -0.0800. The molecule has 0 spiro atoms. The summed E-state index contributed by atoms with van der Waals surface area (Å²) in [7, 11) is 0. The van der Waals surface area contributed by atoms with Crippen LogP contribution in [0.4, 0.5) is 0 Å². The van der Waals surface area contributed by atoms with E-state index in [0.717, 1.165) is 32.2 Å². The molecule has 0 aromatic rings. The Balaban J connectivity index is 3.51. The Morgan fingerprint density at radius 3 is 2.38 bits per heavy atom. The highest BCUT2D eigenvalue weighted by molar-refractivity contribution is 4.76. The molecule has 0 aromatic heterocycles. The van der Waals surface area contributed by atoms with Crippen LogP contribution in [0.25, 0.3) is 0 Å². The number of nitrogens with one attached hydrogen (secondary N) is 1. The summed E-state index contributed by atoms with van der Waals surface area (Å²) in [6.45, 7) is 9.36. The molecule has 0 aliphatic heterocycles. The first kappa shape index (κ1) is 12.9. The lowest BCUT2D eigenvalue weighted by molar-refractivity contribution is 0.146. The van der Waals surface area contributed by atoms with Crippen molar-refractivity contribution in [2.24, 2.45) is 0 Å². The topological polar surface area (TPSA) is 32.3 Å². The summed E-state index contributed by atoms with van der Waals surface area (Å²) in [5.74, 6) is 0. The lowest BCUT2D eigenvalue weighted by atomic mass is 10.0. The van der Waals surface area contributed by atoms with Crippen LogP contribution in [0.1, 0.15) is 53.4 Å². The third kappa shape index (κ3) is 7.03. The summed E-state index contributed by atoms with van der Waals surface area (Å²) in [5.41, 5.74) is 0.160. The molecule has 0 aliphatic carbocycles. The predicted molar refractivity (Wildman–Crippen MR) is 57.9 cm³/mol. The van der Waals surface area contributed by atoms with Crippen LogP contribution in [0.15, 0.2) is 0 Å². The van der Waals surface area contributed by atoms with Crippen molar-refractivity contribution in [3.05, 3.63) is 0 Å². The minimum atomic E-state index is -0.175. The van der Waals surface area contributed by atoms with Crippen molar-refractivity contribution < 1.29 is 5.11 Å². The molecule has 0 radical (unpaired) electrons. The van der Waals surface area contributed by atoms with E-state index < -0.39 is 0 Å². The van der Waals surface area contributed by atoms with Crippen LogP contribution in [0.5, 0.6) is 0 Å². The molecule has 0 aromatic carbocycles. The summed E-state index contributed by atoms with van der Waals surface area (Å²) < 4.78 is 0. The predicted octanol–water partition coefficient (Wildman–Crippen LogP) is 2.32. The SMILES string of the molecule is CCCCC(O)CNC(C)(C)CC. The van der Waals surface area contributed by atoms with E-state index in [9.17, 15) is 5.11 Å². The van der Waals surface area contributed by atoms with Gasteiger partial charge in [0.25, 0.3) is 0 Å². The van der Waals surface area contributed by atoms with E-state index in [-0.39, 0.29) is 11.6 Å². The van der Waals surface area contributed by atoms with Crippen LogP contribution in [0, 0.1) is 0 Å². The van der Waals surface area contributed by atoms with Gasteiger partial charge in [0.2, 0.25) is 0 Å². The van der Waals surface area contributed by atoms with Gasteiger partial charge in [-0.3, -0.25) is 0 Å². The normalized spacial score (nSPS) is 14.5. The Kier molecular flexibility index (Phi) is 6.35. The molecule has 2 heteroatoms. The number of β-amino-alcohol motifs (C(OH)–C–C–N with tert-alkyl or cyclic N) is 1. The van der Waals surface area contributed by atoms with E-state index in [1.54, 1.807) is 0 Å². The van der Waals surface area contributed by atoms with Gasteiger partial charge in [-0.25, -0.2) is 0 Å². The van der Waals surface area contributed by atoms with Gasteiger partial charge in [0, 0.05) is 12.1 Å². The largest absolute Gasteiger partial charge is 0.392 e. The summed E-state index contributed by atoms with van der Waals surface area (Å²) in [4.78, 5) is 0. The van der Waals surface area contributed by atoms with Crippen LogP contribution >= 0.6 is 0 Å². The average molecular weight is 187 g/mol. The van der Waals surface area contributed by atoms with E-state index in [1.807, 2.05) is 0 Å². The average Bonchev–Trinajstić information content (AvgIpc) is 2.11. The number of aliphatic hydroxyl groups is 1. The van der Waals surface area contributed by atoms with Gasteiger partial charge in [-0.15, -0.1) is 0 Å². The number of rotatable bonds is 7. The summed E-state index contributed by atoms with van der Waals surface area (Å²) >= 11 is 0. The maximum atomic E-state index is 9.58. The van der Waals surface area contributed by atoms with Gasteiger partial charge in [-0.1, -0.05) is 26.7 Å². The molecule has 0 heterocycles. The molecule has 0 bridgehead atoms. The monoisotopic (exact) mass is 187 g/mol. The van der Waals surface area contributed by atoms with Gasteiger partial charge in [0.15, 0.2) is 0 Å². The number of hydrogen-bond donors (Lipinski definition) is 2. The molecule has 0 saturated heterocycles. The zero-order valence-corrected chi connectivity index (χ0v) is 9.56. The van der Waals surface area contributed by atoms with Crippen LogP contribution < -0.4 is 5.32 Å². The van der Waals surface area contributed by atoms with Crippen molar-refractivity contribution in [1.82, 2.24) is 5.32 Å². The first-order valence-electron chi connectivity index (χ1n) is 5.45. The smallest absolute Gasteiger partial charge is 0.0664 e. The highest BCUT2D eigenvalue weighted by Gasteiger charge is 2.15. The van der Waals surface area contributed by atoms with Crippen LogP contribution in [-0.2, 0) is 0 Å². The fourth-order valence-electron chi connectivity index (χ4n) is 1.06. The van der Waals surface area contributed by atoms with Gasteiger partial charge >= 0.3 is 0 Å². The van der Waals surface area contributed by atoms with Crippen molar-refractivity contribution in [3.63, 3.8) is 0 Å². The highest BCUT2D eigenvalue weighted by Crippen LogP contribution is 2.07. The molecular weight excluding hydrogens is 162 g/mol. The lowest BCUT2D eigenvalue weighted by Gasteiger charge is -2.26. The summed E-state index contributed by atoms with van der Waals surface area (Å²) in [6, 6.07) is 0. The van der Waals surface area contributed by atoms with E-state index in [0.29, 0.717) is 0 Å². The molecule has 80 valence electrons. The lowest BCUT2D eigenvalue weighted by Crippen LogP contribution is -2.42. The summed E-state index contributed by atoms with van der Waals surface area (Å²) in [6.07, 6.45) is 4.12. The van der Waals surface area contributed by atoms with Crippen LogP contribution in [0.3, 0.4) is 0 Å². The van der Waals surface area contributed by atoms with Crippen molar-refractivity contribution in [3.8, 4) is 0 Å². The fourth-order valence-corrected chi connectivity index (χ4v) is 1.06. The van der Waals surface area contributed by atoms with Crippen molar-refractivity contribution in [2.45, 2.75) is 65.0 Å². The fraction of sp³-hybridized carbons (Fsp3) is 1.00. The van der Waals surface area contributed by atoms with E-state index in [2.05, 4.69) is 33.0 Å². The van der Waals surface area contributed by atoms with E-state index in [4.69, 9.17) is 0 Å². The molecule has 0 saturated carbocycles. The highest BCUT2D eigenvalue weighted by atomic mass is 16.3. The first-order chi connectivity index (χ1) is 6.02. The zero-order valence-electron chi connectivity index (χ0n) is 9.56. The second-order valence-electron chi connectivity index (χ2n) is 4.41. The number of hydrogen-bond acceptors (Lipinski definition) is 2. The Morgan fingerprint density at radius 2 is 1.92 bits per heavy atom. The van der Waals surface area contributed by atoms with Crippen LogP contribution in [0.2, 0.25) is 0 Å². The van der Waals surface area contributed by atoms with Gasteiger partial charge in [-0.2, -0.15) is 0 Å². The van der Waals surface area contributed by atoms with Gasteiger partial charge in [0.05, 0.1) is 6.10 Å². The van der Waals surface area contributed by atoms with Gasteiger partial charge in [-0.05, 0) is 26.7 Å². The molecular formula is C11H25NO. The molecule has 2 N–H and O–H groups in total. The molecule has 13 heavy (non-hydrogen) atoms. The van der Waals surface area contributed by atoms with Crippen molar-refractivity contribution in [1.29, 1.82) is 0 Å². The van der Waals surface area contributed by atoms with Crippen molar-refractivity contribution >= 4 is 0 Å². The molecule has 2 nitrogen and oxygen atoms in total. The molecule has 0 aliphatic rings. The standard InChI is InChI=1S/C11H25NO/c1-5-7-8-10(13)9-12-11(3,4)6-2/h10,12-13H,5-9H2,1-4H3. The van der Waals surface area contributed by atoms with Crippen molar-refractivity contribution in [2.75, 3.05) is 6.54 Å². The number of unbranched alkanes of at least 4 members (excludes halogenated alkanes) is 1. The maximum absolute atomic E-state index is 9.58. The Morgan fingerprint density at radius 1 is 1.31 bits per heavy atom. The minimum absolute atomic E-state index is 0.160. The first-order valence-corrected chi connectivity index (χ1v) is 5.45. The summed E-state index contributed by atoms with van der Waals surface area (Å²) in [5, 5.41) is 12.9.